The summed E-state index contributed by atoms with van der Waals surface area (Å²) in [5.41, 5.74) is 1.84. The van der Waals surface area contributed by atoms with Crippen molar-refractivity contribution in [3.05, 3.63) is 35.4 Å². The van der Waals surface area contributed by atoms with Gasteiger partial charge in [-0.25, -0.2) is 0 Å². The van der Waals surface area contributed by atoms with Gasteiger partial charge in [0.1, 0.15) is 6.04 Å². The number of nitrogens with one attached hydrogen (secondary N) is 2. The Morgan fingerprint density at radius 3 is 2.45 bits per heavy atom. The Hall–Kier alpha value is -1.14. The number of hydrogen-bond acceptors (Lipinski definition) is 4. The fourth-order valence-electron chi connectivity index (χ4n) is 2.09. The van der Waals surface area contributed by atoms with Crippen LogP contribution in [-0.4, -0.2) is 35.9 Å². The van der Waals surface area contributed by atoms with E-state index in [2.05, 4.69) is 10.6 Å². The SMILES string of the molecule is CCCNC(=O)[C@@H](C)NC(=O)c1ccc(C2SCCS2)cc1. The third kappa shape index (κ3) is 4.68. The Balaban J connectivity index is 1.90. The van der Waals surface area contributed by atoms with E-state index >= 15 is 0 Å². The van der Waals surface area contributed by atoms with Gasteiger partial charge in [0.05, 0.1) is 4.58 Å². The van der Waals surface area contributed by atoms with Crippen molar-refractivity contribution in [2.24, 2.45) is 0 Å². The summed E-state index contributed by atoms with van der Waals surface area (Å²) in [4.78, 5) is 23.9. The molecule has 2 rings (SSSR count). The third-order valence-electron chi connectivity index (χ3n) is 3.36. The van der Waals surface area contributed by atoms with Gasteiger partial charge in [-0.05, 0) is 31.0 Å². The van der Waals surface area contributed by atoms with E-state index in [9.17, 15) is 9.59 Å². The molecule has 0 spiro atoms. The Labute approximate surface area is 140 Å². The van der Waals surface area contributed by atoms with Crippen molar-refractivity contribution in [2.75, 3.05) is 18.1 Å². The van der Waals surface area contributed by atoms with E-state index in [1.54, 1.807) is 6.92 Å². The lowest BCUT2D eigenvalue weighted by Crippen LogP contribution is -2.45. The molecule has 1 aliphatic rings. The average molecular weight is 338 g/mol. The quantitative estimate of drug-likeness (QED) is 0.837. The molecule has 1 atom stereocenters. The van der Waals surface area contributed by atoms with Crippen molar-refractivity contribution in [3.8, 4) is 0 Å². The van der Waals surface area contributed by atoms with Gasteiger partial charge < -0.3 is 10.6 Å². The fourth-order valence-corrected chi connectivity index (χ4v) is 4.95. The number of benzene rings is 1. The summed E-state index contributed by atoms with van der Waals surface area (Å²) in [6, 6.07) is 7.15. The van der Waals surface area contributed by atoms with Crippen molar-refractivity contribution >= 4 is 35.3 Å². The summed E-state index contributed by atoms with van der Waals surface area (Å²) in [5, 5.41) is 5.51. The van der Waals surface area contributed by atoms with Crippen molar-refractivity contribution in [1.82, 2.24) is 10.6 Å². The molecule has 0 aromatic heterocycles. The van der Waals surface area contributed by atoms with Crippen molar-refractivity contribution in [1.29, 1.82) is 0 Å². The van der Waals surface area contributed by atoms with Crippen LogP contribution in [0, 0.1) is 0 Å². The monoisotopic (exact) mass is 338 g/mol. The lowest BCUT2D eigenvalue weighted by Gasteiger charge is -2.14. The third-order valence-corrected chi connectivity index (χ3v) is 6.46. The van der Waals surface area contributed by atoms with Gasteiger partial charge in [0.15, 0.2) is 0 Å². The highest BCUT2D eigenvalue weighted by molar-refractivity contribution is 8.19. The van der Waals surface area contributed by atoms with Crippen molar-refractivity contribution < 1.29 is 9.59 Å². The smallest absolute Gasteiger partial charge is 0.251 e. The summed E-state index contributed by atoms with van der Waals surface area (Å²) >= 11 is 3.88. The highest BCUT2D eigenvalue weighted by atomic mass is 32.2. The highest BCUT2D eigenvalue weighted by Crippen LogP contribution is 2.45. The van der Waals surface area contributed by atoms with Crippen LogP contribution in [0.4, 0.5) is 0 Å². The summed E-state index contributed by atoms with van der Waals surface area (Å²) in [6.07, 6.45) is 0.880. The first-order valence-electron chi connectivity index (χ1n) is 7.53. The van der Waals surface area contributed by atoms with E-state index < -0.39 is 6.04 Å². The topological polar surface area (TPSA) is 58.2 Å². The maximum Gasteiger partial charge on any atom is 0.251 e. The molecule has 0 radical (unpaired) electrons. The molecule has 1 aliphatic heterocycles. The van der Waals surface area contributed by atoms with E-state index in [4.69, 9.17) is 0 Å². The molecule has 4 nitrogen and oxygen atoms in total. The second kappa shape index (κ2) is 8.48. The molecule has 6 heteroatoms. The van der Waals surface area contributed by atoms with Gasteiger partial charge in [-0.15, -0.1) is 23.5 Å². The fraction of sp³-hybridized carbons (Fsp3) is 0.500. The summed E-state index contributed by atoms with van der Waals surface area (Å²) in [7, 11) is 0. The van der Waals surface area contributed by atoms with Gasteiger partial charge in [-0.2, -0.15) is 0 Å². The zero-order chi connectivity index (χ0) is 15.9. The molecule has 0 aliphatic carbocycles. The van der Waals surface area contributed by atoms with Crippen LogP contribution in [0.3, 0.4) is 0 Å². The lowest BCUT2D eigenvalue weighted by atomic mass is 10.1. The van der Waals surface area contributed by atoms with E-state index in [1.165, 1.54) is 17.1 Å². The van der Waals surface area contributed by atoms with Crippen LogP contribution in [0.25, 0.3) is 0 Å². The zero-order valence-electron chi connectivity index (χ0n) is 12.9. The van der Waals surface area contributed by atoms with Crippen LogP contribution < -0.4 is 10.6 Å². The van der Waals surface area contributed by atoms with Gasteiger partial charge in [-0.3, -0.25) is 9.59 Å². The molecule has 0 unspecified atom stereocenters. The summed E-state index contributed by atoms with van der Waals surface area (Å²) < 4.78 is 0.482. The largest absolute Gasteiger partial charge is 0.354 e. The number of carbonyl (C=O) groups is 2. The predicted octanol–water partition coefficient (Wildman–Crippen LogP) is 2.81. The second-order valence-corrected chi connectivity index (χ2v) is 7.91. The number of amides is 2. The Morgan fingerprint density at radius 2 is 1.86 bits per heavy atom. The average Bonchev–Trinajstić information content (AvgIpc) is 3.07. The van der Waals surface area contributed by atoms with Crippen LogP contribution in [0.5, 0.6) is 0 Å². The Kier molecular flexibility index (Phi) is 6.64. The van der Waals surface area contributed by atoms with Gasteiger partial charge in [0, 0.05) is 23.6 Å². The van der Waals surface area contributed by atoms with Crippen LogP contribution in [-0.2, 0) is 4.79 Å². The molecule has 1 saturated heterocycles. The molecule has 1 heterocycles. The lowest BCUT2D eigenvalue weighted by molar-refractivity contribution is -0.122. The standard InChI is InChI=1S/C16H22N2O2S2/c1-3-8-17-14(19)11(2)18-15(20)12-4-6-13(7-5-12)16-21-9-10-22-16/h4-7,11,16H,3,8-10H2,1-2H3,(H,17,19)(H,18,20)/t11-/m1/s1. The molecule has 1 aromatic carbocycles. The molecule has 0 bridgehead atoms. The van der Waals surface area contributed by atoms with Crippen LogP contribution in [0.1, 0.15) is 40.8 Å². The van der Waals surface area contributed by atoms with E-state index in [0.29, 0.717) is 16.7 Å². The molecule has 2 amide bonds. The first-order valence-corrected chi connectivity index (χ1v) is 9.63. The van der Waals surface area contributed by atoms with E-state index in [1.807, 2.05) is 54.7 Å². The zero-order valence-corrected chi connectivity index (χ0v) is 14.6. The molecule has 2 N–H and O–H groups in total. The van der Waals surface area contributed by atoms with Crippen molar-refractivity contribution in [2.45, 2.75) is 30.9 Å². The van der Waals surface area contributed by atoms with Crippen LogP contribution in [0.15, 0.2) is 24.3 Å². The molecule has 1 fully saturated rings. The molecule has 1 aromatic rings. The minimum atomic E-state index is -0.528. The number of rotatable bonds is 6. The second-order valence-electron chi connectivity index (χ2n) is 5.18. The predicted molar refractivity (Wildman–Crippen MR) is 94.3 cm³/mol. The molecule has 22 heavy (non-hydrogen) atoms. The molecular formula is C16H22N2O2S2. The van der Waals surface area contributed by atoms with E-state index in [0.717, 1.165) is 6.42 Å². The van der Waals surface area contributed by atoms with Crippen molar-refractivity contribution in [3.63, 3.8) is 0 Å². The molecular weight excluding hydrogens is 316 g/mol. The maximum atomic E-state index is 12.2. The summed E-state index contributed by atoms with van der Waals surface area (Å²) in [6.45, 7) is 4.32. The van der Waals surface area contributed by atoms with Crippen LogP contribution in [0.2, 0.25) is 0 Å². The maximum absolute atomic E-state index is 12.2. The Morgan fingerprint density at radius 1 is 1.23 bits per heavy atom. The van der Waals surface area contributed by atoms with Gasteiger partial charge in [0.25, 0.3) is 5.91 Å². The van der Waals surface area contributed by atoms with Crippen LogP contribution >= 0.6 is 23.5 Å². The number of thioether (sulfide) groups is 2. The minimum absolute atomic E-state index is 0.148. The normalized spacial score (nSPS) is 16.3. The number of hydrogen-bond donors (Lipinski definition) is 2. The van der Waals surface area contributed by atoms with Gasteiger partial charge in [0.2, 0.25) is 5.91 Å². The van der Waals surface area contributed by atoms with E-state index in [-0.39, 0.29) is 11.8 Å². The highest BCUT2D eigenvalue weighted by Gasteiger charge is 2.19. The first kappa shape index (κ1) is 17.2. The van der Waals surface area contributed by atoms with Gasteiger partial charge in [-0.1, -0.05) is 19.1 Å². The number of carbonyl (C=O) groups excluding carboxylic acids is 2. The summed E-state index contributed by atoms with van der Waals surface area (Å²) in [5.74, 6) is 2.01. The van der Waals surface area contributed by atoms with Gasteiger partial charge >= 0.3 is 0 Å². The Bertz CT molecular complexity index is 513. The molecule has 120 valence electrons. The minimum Gasteiger partial charge on any atom is -0.354 e. The first-order chi connectivity index (χ1) is 10.6. The molecule has 0 saturated carbocycles.